The van der Waals surface area contributed by atoms with E-state index in [1.807, 2.05) is 18.2 Å². The topological polar surface area (TPSA) is 38.5 Å². The van der Waals surface area contributed by atoms with Gasteiger partial charge in [-0.25, -0.2) is 0 Å². The number of hydrogen-bond donors (Lipinski definition) is 1. The Bertz CT molecular complexity index is 312. The van der Waals surface area contributed by atoms with E-state index in [0.717, 1.165) is 23.7 Å². The molecule has 1 rings (SSSR count). The van der Waals surface area contributed by atoms with Gasteiger partial charge in [0.2, 0.25) is 0 Å². The summed E-state index contributed by atoms with van der Waals surface area (Å²) < 4.78 is 5.11. The molecule has 1 aromatic rings. The fourth-order valence-electron chi connectivity index (χ4n) is 1.52. The van der Waals surface area contributed by atoms with Crippen LogP contribution in [0.1, 0.15) is 19.8 Å². The Morgan fingerprint density at radius 3 is 2.67 bits per heavy atom. The minimum atomic E-state index is 0.771. The first-order valence-electron chi connectivity index (χ1n) is 5.33. The van der Waals surface area contributed by atoms with Crippen molar-refractivity contribution in [3.05, 3.63) is 18.2 Å². The van der Waals surface area contributed by atoms with E-state index in [1.54, 1.807) is 7.11 Å². The van der Waals surface area contributed by atoms with Crippen molar-refractivity contribution < 1.29 is 4.74 Å². The number of ether oxygens (including phenoxy) is 1. The quantitative estimate of drug-likeness (QED) is 0.756. The number of nitrogen functional groups attached to an aromatic ring is 1. The molecule has 84 valence electrons. The first-order chi connectivity index (χ1) is 7.19. The zero-order chi connectivity index (χ0) is 11.3. The molecule has 0 radical (unpaired) electrons. The number of benzene rings is 1. The Morgan fingerprint density at radius 1 is 1.40 bits per heavy atom. The van der Waals surface area contributed by atoms with Crippen LogP contribution < -0.4 is 15.4 Å². The fraction of sp³-hybridized carbons (Fsp3) is 0.500. The lowest BCUT2D eigenvalue weighted by atomic mass is 10.2. The van der Waals surface area contributed by atoms with Gasteiger partial charge in [-0.05, 0) is 18.6 Å². The average Bonchev–Trinajstić information content (AvgIpc) is 2.25. The van der Waals surface area contributed by atoms with Crippen LogP contribution in [0.5, 0.6) is 5.75 Å². The number of nitrogens with zero attached hydrogens (tertiary/aromatic N) is 1. The van der Waals surface area contributed by atoms with Gasteiger partial charge in [-0.15, -0.1) is 0 Å². The number of hydrogen-bond acceptors (Lipinski definition) is 3. The molecule has 0 saturated carbocycles. The SMILES string of the molecule is CCCCN(C)c1ccc(OC)cc1N. The van der Waals surface area contributed by atoms with E-state index in [-0.39, 0.29) is 0 Å². The van der Waals surface area contributed by atoms with E-state index in [0.29, 0.717) is 0 Å². The molecule has 0 heterocycles. The van der Waals surface area contributed by atoms with Gasteiger partial charge in [0.15, 0.2) is 0 Å². The Labute approximate surface area is 91.8 Å². The fourth-order valence-corrected chi connectivity index (χ4v) is 1.52. The largest absolute Gasteiger partial charge is 0.497 e. The van der Waals surface area contributed by atoms with Gasteiger partial charge in [-0.2, -0.15) is 0 Å². The summed E-state index contributed by atoms with van der Waals surface area (Å²) in [7, 11) is 3.71. The highest BCUT2D eigenvalue weighted by Gasteiger charge is 2.05. The molecule has 0 aromatic heterocycles. The standard InChI is InChI=1S/C12H20N2O/c1-4-5-8-14(2)12-7-6-10(15-3)9-11(12)13/h6-7,9H,4-5,8,13H2,1-3H3. The molecule has 0 atom stereocenters. The van der Waals surface area contributed by atoms with Crippen LogP contribution in [-0.4, -0.2) is 20.7 Å². The Kier molecular flexibility index (Phi) is 4.28. The van der Waals surface area contributed by atoms with E-state index in [4.69, 9.17) is 10.5 Å². The van der Waals surface area contributed by atoms with Crippen molar-refractivity contribution in [1.29, 1.82) is 0 Å². The van der Waals surface area contributed by atoms with E-state index < -0.39 is 0 Å². The van der Waals surface area contributed by atoms with E-state index in [2.05, 4.69) is 18.9 Å². The van der Waals surface area contributed by atoms with Crippen molar-refractivity contribution in [1.82, 2.24) is 0 Å². The van der Waals surface area contributed by atoms with Gasteiger partial charge < -0.3 is 15.4 Å². The van der Waals surface area contributed by atoms with Gasteiger partial charge in [0.1, 0.15) is 5.75 Å². The normalized spacial score (nSPS) is 10.1. The molecular formula is C12H20N2O. The summed E-state index contributed by atoms with van der Waals surface area (Å²) in [6, 6.07) is 5.80. The molecular weight excluding hydrogens is 188 g/mol. The molecule has 0 spiro atoms. The van der Waals surface area contributed by atoms with Crippen LogP contribution >= 0.6 is 0 Å². The van der Waals surface area contributed by atoms with Crippen molar-refractivity contribution in [2.75, 3.05) is 31.3 Å². The van der Waals surface area contributed by atoms with Crippen LogP contribution in [0.15, 0.2) is 18.2 Å². The summed E-state index contributed by atoms with van der Waals surface area (Å²) in [6.07, 6.45) is 2.38. The maximum absolute atomic E-state index is 5.95. The Balaban J connectivity index is 2.76. The van der Waals surface area contributed by atoms with Gasteiger partial charge in [0.05, 0.1) is 18.5 Å². The maximum Gasteiger partial charge on any atom is 0.121 e. The van der Waals surface area contributed by atoms with Gasteiger partial charge in [0, 0.05) is 19.7 Å². The molecule has 3 heteroatoms. The number of anilines is 2. The third-order valence-corrected chi connectivity index (χ3v) is 2.49. The van der Waals surface area contributed by atoms with Gasteiger partial charge in [-0.1, -0.05) is 13.3 Å². The molecule has 15 heavy (non-hydrogen) atoms. The van der Waals surface area contributed by atoms with Crippen molar-refractivity contribution in [2.24, 2.45) is 0 Å². The monoisotopic (exact) mass is 208 g/mol. The van der Waals surface area contributed by atoms with E-state index in [9.17, 15) is 0 Å². The zero-order valence-corrected chi connectivity index (χ0v) is 9.79. The maximum atomic E-state index is 5.95. The van der Waals surface area contributed by atoms with Crippen LogP contribution in [-0.2, 0) is 0 Å². The number of nitrogens with two attached hydrogens (primary N) is 1. The first-order valence-corrected chi connectivity index (χ1v) is 5.33. The van der Waals surface area contributed by atoms with Gasteiger partial charge >= 0.3 is 0 Å². The second-order valence-electron chi connectivity index (χ2n) is 3.70. The molecule has 0 fully saturated rings. The molecule has 0 amide bonds. The summed E-state index contributed by atoms with van der Waals surface area (Å²) in [6.45, 7) is 3.22. The van der Waals surface area contributed by atoms with Gasteiger partial charge in [0.25, 0.3) is 0 Å². The van der Waals surface area contributed by atoms with Crippen LogP contribution in [0, 0.1) is 0 Å². The predicted molar refractivity (Wildman–Crippen MR) is 65.6 cm³/mol. The molecule has 0 aliphatic rings. The Morgan fingerprint density at radius 2 is 2.13 bits per heavy atom. The minimum Gasteiger partial charge on any atom is -0.497 e. The van der Waals surface area contributed by atoms with Crippen molar-refractivity contribution in [3.63, 3.8) is 0 Å². The van der Waals surface area contributed by atoms with E-state index in [1.165, 1.54) is 12.8 Å². The summed E-state index contributed by atoms with van der Waals surface area (Å²) in [5, 5.41) is 0. The van der Waals surface area contributed by atoms with Gasteiger partial charge in [-0.3, -0.25) is 0 Å². The Hall–Kier alpha value is -1.38. The lowest BCUT2D eigenvalue weighted by molar-refractivity contribution is 0.415. The minimum absolute atomic E-state index is 0.771. The molecule has 0 saturated heterocycles. The molecule has 0 aliphatic carbocycles. The predicted octanol–water partition coefficient (Wildman–Crippen LogP) is 2.51. The van der Waals surface area contributed by atoms with E-state index >= 15 is 0 Å². The summed E-state index contributed by atoms with van der Waals surface area (Å²) in [4.78, 5) is 2.18. The molecule has 2 N–H and O–H groups in total. The molecule has 0 unspecified atom stereocenters. The lowest BCUT2D eigenvalue weighted by Gasteiger charge is -2.21. The second-order valence-corrected chi connectivity index (χ2v) is 3.70. The number of methoxy groups -OCH3 is 1. The zero-order valence-electron chi connectivity index (χ0n) is 9.79. The summed E-state index contributed by atoms with van der Waals surface area (Å²) >= 11 is 0. The highest BCUT2D eigenvalue weighted by atomic mass is 16.5. The molecule has 0 bridgehead atoms. The lowest BCUT2D eigenvalue weighted by Crippen LogP contribution is -2.19. The number of rotatable bonds is 5. The third-order valence-electron chi connectivity index (χ3n) is 2.49. The van der Waals surface area contributed by atoms with Crippen LogP contribution in [0.3, 0.4) is 0 Å². The highest BCUT2D eigenvalue weighted by molar-refractivity contribution is 5.69. The van der Waals surface area contributed by atoms with Crippen LogP contribution in [0.4, 0.5) is 11.4 Å². The van der Waals surface area contributed by atoms with Crippen molar-refractivity contribution >= 4 is 11.4 Å². The average molecular weight is 208 g/mol. The molecule has 1 aromatic carbocycles. The second kappa shape index (κ2) is 5.49. The van der Waals surface area contributed by atoms with Crippen molar-refractivity contribution in [2.45, 2.75) is 19.8 Å². The number of unbranched alkanes of at least 4 members (excludes halogenated alkanes) is 1. The molecule has 3 nitrogen and oxygen atoms in total. The summed E-state index contributed by atoms with van der Waals surface area (Å²) in [5.41, 5.74) is 7.79. The van der Waals surface area contributed by atoms with Crippen molar-refractivity contribution in [3.8, 4) is 5.75 Å². The summed E-state index contributed by atoms with van der Waals surface area (Å²) in [5.74, 6) is 0.806. The first kappa shape index (κ1) is 11.7. The smallest absolute Gasteiger partial charge is 0.121 e. The highest BCUT2D eigenvalue weighted by Crippen LogP contribution is 2.26. The van der Waals surface area contributed by atoms with Crippen LogP contribution in [0.25, 0.3) is 0 Å². The molecule has 0 aliphatic heterocycles. The van der Waals surface area contributed by atoms with Crippen LogP contribution in [0.2, 0.25) is 0 Å². The third kappa shape index (κ3) is 3.05.